The number of primary amides is 1. The minimum absolute atomic E-state index is 0.0240. The highest BCUT2D eigenvalue weighted by molar-refractivity contribution is 6.31. The van der Waals surface area contributed by atoms with E-state index in [1.807, 2.05) is 0 Å². The number of nitrogens with two attached hydrogens (primary N) is 1. The van der Waals surface area contributed by atoms with Gasteiger partial charge in [0.2, 0.25) is 0 Å². The van der Waals surface area contributed by atoms with Gasteiger partial charge < -0.3 is 19.8 Å². The summed E-state index contributed by atoms with van der Waals surface area (Å²) in [5.74, 6) is -0.627. The summed E-state index contributed by atoms with van der Waals surface area (Å²) in [5.41, 5.74) is 6.56. The van der Waals surface area contributed by atoms with Gasteiger partial charge in [0.1, 0.15) is 11.4 Å². The van der Waals surface area contributed by atoms with Gasteiger partial charge >= 0.3 is 0 Å². The lowest BCUT2D eigenvalue weighted by atomic mass is 9.99. The molecule has 1 aromatic carbocycles. The number of carbonyl (C=O) groups excluding carboxylic acids is 2. The van der Waals surface area contributed by atoms with E-state index >= 15 is 0 Å². The number of pyridine rings is 2. The molecule has 0 aliphatic carbocycles. The number of benzene rings is 1. The molecule has 0 saturated carbocycles. The Hall–Kier alpha value is -4.00. The van der Waals surface area contributed by atoms with Crippen molar-refractivity contribution in [3.05, 3.63) is 81.0 Å². The Morgan fingerprint density at radius 2 is 1.97 bits per heavy atom. The Morgan fingerprint density at radius 1 is 1.20 bits per heavy atom. The maximum atomic E-state index is 13.3. The molecule has 0 spiro atoms. The van der Waals surface area contributed by atoms with Crippen molar-refractivity contribution in [1.29, 1.82) is 5.26 Å². The second kappa shape index (κ2) is 11.4. The van der Waals surface area contributed by atoms with Gasteiger partial charge in [0.05, 0.1) is 31.0 Å². The molecule has 2 N–H and O–H groups in total. The summed E-state index contributed by atoms with van der Waals surface area (Å²) in [4.78, 5) is 41.6. The smallest absolute Gasteiger partial charge is 0.267 e. The van der Waals surface area contributed by atoms with Gasteiger partial charge in [-0.05, 0) is 36.2 Å². The SMILES string of the molecule is COCCC(C(=O)Cc1ccc(C(N)=O)nc1)n1cc(OC)c(-c2cc(Cl)ccc2C#N)cc1=O. The summed E-state index contributed by atoms with van der Waals surface area (Å²) in [6.45, 7) is 0.235. The van der Waals surface area contributed by atoms with Gasteiger partial charge in [-0.1, -0.05) is 17.7 Å². The zero-order valence-corrected chi connectivity index (χ0v) is 19.9. The van der Waals surface area contributed by atoms with Crippen LogP contribution in [0.1, 0.15) is 34.1 Å². The van der Waals surface area contributed by atoms with Crippen molar-refractivity contribution in [1.82, 2.24) is 9.55 Å². The predicted octanol–water partition coefficient (Wildman–Crippen LogP) is 2.93. The van der Waals surface area contributed by atoms with Crippen LogP contribution in [0.15, 0.2) is 53.6 Å². The molecule has 1 unspecified atom stereocenters. The molecule has 9 nitrogen and oxygen atoms in total. The number of carbonyl (C=O) groups is 2. The third kappa shape index (κ3) is 5.93. The van der Waals surface area contributed by atoms with Crippen molar-refractivity contribution in [2.24, 2.45) is 5.73 Å². The summed E-state index contributed by atoms with van der Waals surface area (Å²) in [7, 11) is 2.94. The number of Topliss-reactive ketones (excluding diaryl/α,β-unsaturated/α-hetero) is 1. The van der Waals surface area contributed by atoms with Crippen molar-refractivity contribution >= 4 is 23.3 Å². The van der Waals surface area contributed by atoms with Crippen LogP contribution in [0, 0.1) is 11.3 Å². The van der Waals surface area contributed by atoms with E-state index in [0.29, 0.717) is 33.0 Å². The summed E-state index contributed by atoms with van der Waals surface area (Å²) in [6, 6.07) is 10.3. The summed E-state index contributed by atoms with van der Waals surface area (Å²) >= 11 is 6.12. The third-order valence-corrected chi connectivity index (χ3v) is 5.65. The zero-order valence-electron chi connectivity index (χ0n) is 19.2. The zero-order chi connectivity index (χ0) is 25.5. The molecule has 3 aromatic rings. The van der Waals surface area contributed by atoms with E-state index in [-0.39, 0.29) is 30.9 Å². The summed E-state index contributed by atoms with van der Waals surface area (Å²) < 4.78 is 12.0. The first-order valence-corrected chi connectivity index (χ1v) is 10.9. The minimum Gasteiger partial charge on any atom is -0.495 e. The van der Waals surface area contributed by atoms with E-state index in [1.54, 1.807) is 24.3 Å². The molecule has 2 aromatic heterocycles. The number of hydrogen-bond acceptors (Lipinski definition) is 7. The first-order valence-electron chi connectivity index (χ1n) is 10.6. The number of halogens is 1. The molecule has 3 rings (SSSR count). The van der Waals surface area contributed by atoms with Gasteiger partial charge in [0.15, 0.2) is 5.78 Å². The molecule has 2 heterocycles. The number of hydrogen-bond donors (Lipinski definition) is 1. The molecule has 1 atom stereocenters. The molecule has 0 bridgehead atoms. The third-order valence-electron chi connectivity index (χ3n) is 5.41. The highest BCUT2D eigenvalue weighted by Crippen LogP contribution is 2.33. The predicted molar refractivity (Wildman–Crippen MR) is 129 cm³/mol. The van der Waals surface area contributed by atoms with E-state index in [4.69, 9.17) is 26.8 Å². The molecule has 1 amide bonds. The molecule has 10 heteroatoms. The number of rotatable bonds is 10. The Labute approximate surface area is 206 Å². The second-order valence-electron chi connectivity index (χ2n) is 7.66. The van der Waals surface area contributed by atoms with Crippen LogP contribution in [0.2, 0.25) is 5.02 Å². The van der Waals surface area contributed by atoms with E-state index in [0.717, 1.165) is 0 Å². The number of amides is 1. The first kappa shape index (κ1) is 25.6. The van der Waals surface area contributed by atoms with Gasteiger partial charge in [0, 0.05) is 48.6 Å². The Balaban J connectivity index is 2.02. The quantitative estimate of drug-likeness (QED) is 0.457. The van der Waals surface area contributed by atoms with Crippen LogP contribution in [-0.4, -0.2) is 42.1 Å². The van der Waals surface area contributed by atoms with Crippen LogP contribution in [-0.2, 0) is 16.0 Å². The van der Waals surface area contributed by atoms with Crippen LogP contribution >= 0.6 is 11.6 Å². The van der Waals surface area contributed by atoms with E-state index < -0.39 is 17.5 Å². The Kier molecular flexibility index (Phi) is 8.36. The maximum absolute atomic E-state index is 13.3. The van der Waals surface area contributed by atoms with Gasteiger partial charge in [-0.25, -0.2) is 0 Å². The van der Waals surface area contributed by atoms with Crippen LogP contribution in [0.3, 0.4) is 0 Å². The van der Waals surface area contributed by atoms with E-state index in [1.165, 1.54) is 43.3 Å². The monoisotopic (exact) mass is 494 g/mol. The number of methoxy groups -OCH3 is 2. The Bertz CT molecular complexity index is 1350. The molecule has 0 radical (unpaired) electrons. The second-order valence-corrected chi connectivity index (χ2v) is 8.10. The average molecular weight is 495 g/mol. The first-order chi connectivity index (χ1) is 16.8. The molecule has 180 valence electrons. The maximum Gasteiger partial charge on any atom is 0.267 e. The lowest BCUT2D eigenvalue weighted by molar-refractivity contribution is -0.122. The highest BCUT2D eigenvalue weighted by atomic mass is 35.5. The molecule has 35 heavy (non-hydrogen) atoms. The van der Waals surface area contributed by atoms with Gasteiger partial charge in [-0.15, -0.1) is 0 Å². The largest absolute Gasteiger partial charge is 0.495 e. The van der Waals surface area contributed by atoms with Crippen molar-refractivity contribution in [2.45, 2.75) is 18.9 Å². The topological polar surface area (TPSA) is 137 Å². The number of ketones is 1. The van der Waals surface area contributed by atoms with Crippen LogP contribution < -0.4 is 16.0 Å². The molecular weight excluding hydrogens is 472 g/mol. The fourth-order valence-corrected chi connectivity index (χ4v) is 3.83. The number of ether oxygens (including phenoxy) is 2. The average Bonchev–Trinajstić information content (AvgIpc) is 2.85. The number of nitrogens with zero attached hydrogens (tertiary/aromatic N) is 3. The molecule has 0 aliphatic heterocycles. The van der Waals surface area contributed by atoms with E-state index in [2.05, 4.69) is 11.1 Å². The molecule has 0 fully saturated rings. The normalized spacial score (nSPS) is 11.5. The van der Waals surface area contributed by atoms with Gasteiger partial charge in [-0.3, -0.25) is 19.4 Å². The van der Waals surface area contributed by atoms with Gasteiger partial charge in [0.25, 0.3) is 11.5 Å². The number of nitriles is 1. The molecule has 0 saturated heterocycles. The highest BCUT2D eigenvalue weighted by Gasteiger charge is 2.24. The fourth-order valence-electron chi connectivity index (χ4n) is 3.66. The van der Waals surface area contributed by atoms with E-state index in [9.17, 15) is 19.6 Å². The molecule has 0 aliphatic rings. The van der Waals surface area contributed by atoms with Crippen molar-refractivity contribution in [3.8, 4) is 22.9 Å². The Morgan fingerprint density at radius 3 is 2.57 bits per heavy atom. The van der Waals surface area contributed by atoms with Crippen molar-refractivity contribution in [2.75, 3.05) is 20.8 Å². The van der Waals surface area contributed by atoms with Crippen molar-refractivity contribution < 1.29 is 19.1 Å². The number of aromatic nitrogens is 2. The van der Waals surface area contributed by atoms with Crippen LogP contribution in [0.25, 0.3) is 11.1 Å². The van der Waals surface area contributed by atoms with Gasteiger partial charge in [-0.2, -0.15) is 5.26 Å². The van der Waals surface area contributed by atoms with Crippen LogP contribution in [0.4, 0.5) is 0 Å². The standard InChI is InChI=1S/C25H23ClN4O5/c1-34-8-7-21(22(31)9-15-3-6-20(25(28)33)29-13-15)30-14-23(35-2)19(11-24(30)32)18-10-17(26)5-4-16(18)12-27/h3-6,10-11,13-14,21H,7-9H2,1-2H3,(H2,28,33). The lowest BCUT2D eigenvalue weighted by Crippen LogP contribution is -2.31. The fraction of sp³-hybridized carbons (Fsp3) is 0.240. The van der Waals surface area contributed by atoms with Crippen LogP contribution in [0.5, 0.6) is 5.75 Å². The minimum atomic E-state index is -0.851. The summed E-state index contributed by atoms with van der Waals surface area (Å²) in [5, 5.41) is 9.89. The van der Waals surface area contributed by atoms with Crippen molar-refractivity contribution in [3.63, 3.8) is 0 Å². The summed E-state index contributed by atoms with van der Waals surface area (Å²) in [6.07, 6.45) is 3.07. The lowest BCUT2D eigenvalue weighted by Gasteiger charge is -2.21. The molecular formula is C25H23ClN4O5.